The zero-order valence-electron chi connectivity index (χ0n) is 21.1. The molecule has 3 nitrogen and oxygen atoms in total. The maximum Gasteiger partial charge on any atom is 0.421 e. The Morgan fingerprint density at radius 1 is 0.871 bits per heavy atom. The molecule has 0 saturated heterocycles. The van der Waals surface area contributed by atoms with E-state index >= 15 is 0 Å². The Bertz CT molecular complexity index is 503. The van der Waals surface area contributed by atoms with Crippen molar-refractivity contribution in [3.8, 4) is 0 Å². The third-order valence-electron chi connectivity index (χ3n) is 6.02. The van der Waals surface area contributed by atoms with Gasteiger partial charge in [-0.25, -0.2) is 4.39 Å². The molecule has 0 N–H and O–H groups in total. The topological polar surface area (TPSA) is 27.7 Å². The first-order valence-corrected chi connectivity index (χ1v) is 21.0. The summed E-state index contributed by atoms with van der Waals surface area (Å²) in [7, 11) is -5.63. The maximum absolute atomic E-state index is 12.9. The molecule has 0 heterocycles. The highest BCUT2D eigenvalue weighted by atomic mass is 28.4. The molecule has 0 radical (unpaired) electrons. The van der Waals surface area contributed by atoms with E-state index in [-0.39, 0.29) is 12.3 Å². The summed E-state index contributed by atoms with van der Waals surface area (Å²) in [5, 5.41) is 0. The number of ether oxygens (including phenoxy) is 1. The number of hydrogen-bond acceptors (Lipinski definition) is 3. The third kappa shape index (κ3) is 12.3. The van der Waals surface area contributed by atoms with Crippen LogP contribution in [0.3, 0.4) is 0 Å². The van der Waals surface area contributed by atoms with Gasteiger partial charge in [0.25, 0.3) is 0 Å². The SMILES string of the molecule is CCCC[Si](C)(C)C(CC)O[Si](C)(C)C(C)O[Si](C)(C)CCCOCC(F)C(F)(F)F. The molecule has 0 bridgehead atoms. The van der Waals surface area contributed by atoms with E-state index in [2.05, 4.69) is 60.1 Å². The summed E-state index contributed by atoms with van der Waals surface area (Å²) in [6.07, 6.45) is -3.73. The first kappa shape index (κ1) is 31.3. The van der Waals surface area contributed by atoms with Gasteiger partial charge in [-0.15, -0.1) is 0 Å². The minimum absolute atomic E-state index is 0.0283. The van der Waals surface area contributed by atoms with Crippen molar-refractivity contribution >= 4 is 24.7 Å². The lowest BCUT2D eigenvalue weighted by atomic mass is 10.4. The minimum atomic E-state index is -4.85. The Balaban J connectivity index is 4.66. The number of halogens is 4. The highest BCUT2D eigenvalue weighted by Gasteiger charge is 2.42. The standard InChI is InChI=1S/C21H46F4O3Si3/c1-10-12-15-29(4,5)20(11-2)28-31(8,9)18(3)27-30(6,7)16-13-14-26-17-19(22)21(23,24)25/h18-20H,10-17H2,1-9H3. The van der Waals surface area contributed by atoms with Gasteiger partial charge in [-0.2, -0.15) is 13.2 Å². The molecule has 3 atom stereocenters. The highest BCUT2D eigenvalue weighted by Crippen LogP contribution is 2.29. The molecule has 0 aromatic carbocycles. The number of hydrogen-bond donors (Lipinski definition) is 0. The van der Waals surface area contributed by atoms with E-state index in [0.717, 1.165) is 12.5 Å². The van der Waals surface area contributed by atoms with Gasteiger partial charge in [0, 0.05) is 12.3 Å². The van der Waals surface area contributed by atoms with Gasteiger partial charge in [0.1, 0.15) is 0 Å². The molecule has 0 spiro atoms. The first-order chi connectivity index (χ1) is 14.0. The molecular weight excluding hydrogens is 460 g/mol. The fraction of sp³-hybridized carbons (Fsp3) is 1.00. The van der Waals surface area contributed by atoms with E-state index in [1.807, 2.05) is 0 Å². The maximum atomic E-state index is 12.9. The van der Waals surface area contributed by atoms with Gasteiger partial charge in [-0.3, -0.25) is 0 Å². The van der Waals surface area contributed by atoms with Crippen LogP contribution in [0, 0.1) is 0 Å². The van der Waals surface area contributed by atoms with E-state index < -0.39 is 43.7 Å². The smallest absolute Gasteiger partial charge is 0.415 e. The number of rotatable bonds is 16. The molecule has 0 rings (SSSR count). The average Bonchev–Trinajstić information content (AvgIpc) is 2.62. The number of alkyl halides is 4. The fourth-order valence-electron chi connectivity index (χ4n) is 3.61. The van der Waals surface area contributed by atoms with Crippen LogP contribution in [-0.4, -0.2) is 61.7 Å². The summed E-state index contributed by atoms with van der Waals surface area (Å²) in [5.74, 6) is 0. The molecule has 0 aliphatic rings. The minimum Gasteiger partial charge on any atom is -0.415 e. The third-order valence-corrected chi connectivity index (χ3v) is 15.9. The largest absolute Gasteiger partial charge is 0.421 e. The van der Waals surface area contributed by atoms with Crippen LogP contribution in [0.4, 0.5) is 17.6 Å². The van der Waals surface area contributed by atoms with Crippen molar-refractivity contribution in [3.05, 3.63) is 0 Å². The van der Waals surface area contributed by atoms with Gasteiger partial charge in [-0.1, -0.05) is 45.8 Å². The lowest BCUT2D eigenvalue weighted by Crippen LogP contribution is -2.56. The van der Waals surface area contributed by atoms with Crippen LogP contribution in [0.2, 0.25) is 51.4 Å². The first-order valence-electron chi connectivity index (χ1n) is 11.6. The van der Waals surface area contributed by atoms with Gasteiger partial charge >= 0.3 is 6.18 Å². The summed E-state index contributed by atoms with van der Waals surface area (Å²) in [4.78, 5) is 0. The van der Waals surface area contributed by atoms with Crippen LogP contribution in [0.15, 0.2) is 0 Å². The summed E-state index contributed by atoms with van der Waals surface area (Å²) >= 11 is 0. The van der Waals surface area contributed by atoms with Crippen molar-refractivity contribution < 1.29 is 31.2 Å². The Labute approximate surface area is 190 Å². The monoisotopic (exact) mass is 506 g/mol. The van der Waals surface area contributed by atoms with Crippen LogP contribution >= 0.6 is 0 Å². The fourth-order valence-corrected chi connectivity index (χ4v) is 13.7. The molecular formula is C21H46F4O3Si3. The normalized spacial score (nSPS) is 16.9. The molecule has 0 fully saturated rings. The zero-order chi connectivity index (χ0) is 24.5. The van der Waals surface area contributed by atoms with Crippen molar-refractivity contribution in [1.29, 1.82) is 0 Å². The lowest BCUT2D eigenvalue weighted by Gasteiger charge is -2.42. The Kier molecular flexibility index (Phi) is 13.3. The van der Waals surface area contributed by atoms with Gasteiger partial charge < -0.3 is 13.6 Å². The van der Waals surface area contributed by atoms with Crippen LogP contribution in [0.1, 0.15) is 46.5 Å². The molecule has 0 aliphatic carbocycles. The summed E-state index contributed by atoms with van der Waals surface area (Å²) in [5.41, 5.74) is 0.354. The molecule has 0 aromatic heterocycles. The summed E-state index contributed by atoms with van der Waals surface area (Å²) in [6.45, 7) is 19.2. The van der Waals surface area contributed by atoms with Crippen molar-refractivity contribution in [2.45, 2.75) is 122 Å². The van der Waals surface area contributed by atoms with Crippen molar-refractivity contribution in [1.82, 2.24) is 0 Å². The molecule has 0 saturated carbocycles. The molecule has 0 aliphatic heterocycles. The Hall–Kier alpha value is 0.251. The molecule has 3 unspecified atom stereocenters. The Morgan fingerprint density at radius 3 is 1.94 bits per heavy atom. The van der Waals surface area contributed by atoms with Crippen LogP contribution in [0.25, 0.3) is 0 Å². The molecule has 0 amide bonds. The predicted molar refractivity (Wildman–Crippen MR) is 129 cm³/mol. The van der Waals surface area contributed by atoms with Gasteiger partial charge in [0.2, 0.25) is 14.5 Å². The quantitative estimate of drug-likeness (QED) is 0.123. The predicted octanol–water partition coefficient (Wildman–Crippen LogP) is 7.49. The van der Waals surface area contributed by atoms with E-state index in [1.54, 1.807) is 0 Å². The van der Waals surface area contributed by atoms with E-state index in [4.69, 9.17) is 13.6 Å². The second kappa shape index (κ2) is 13.2. The van der Waals surface area contributed by atoms with E-state index in [1.165, 1.54) is 18.9 Å². The van der Waals surface area contributed by atoms with Crippen molar-refractivity contribution in [3.63, 3.8) is 0 Å². The van der Waals surface area contributed by atoms with Crippen LogP contribution in [-0.2, 0) is 13.6 Å². The zero-order valence-corrected chi connectivity index (χ0v) is 24.1. The molecule has 10 heteroatoms. The lowest BCUT2D eigenvalue weighted by molar-refractivity contribution is -0.193. The van der Waals surface area contributed by atoms with E-state index in [9.17, 15) is 17.6 Å². The van der Waals surface area contributed by atoms with E-state index in [0.29, 0.717) is 12.1 Å². The van der Waals surface area contributed by atoms with Gasteiger partial charge in [0.05, 0.1) is 20.4 Å². The second-order valence-electron chi connectivity index (χ2n) is 10.4. The molecule has 188 valence electrons. The second-order valence-corrected chi connectivity index (χ2v) is 24.0. The molecule has 31 heavy (non-hydrogen) atoms. The van der Waals surface area contributed by atoms with Crippen molar-refractivity contribution in [2.75, 3.05) is 13.2 Å². The van der Waals surface area contributed by atoms with Crippen LogP contribution < -0.4 is 0 Å². The average molecular weight is 507 g/mol. The van der Waals surface area contributed by atoms with Crippen LogP contribution in [0.5, 0.6) is 0 Å². The molecule has 0 aromatic rings. The highest BCUT2D eigenvalue weighted by molar-refractivity contribution is 6.81. The summed E-state index contributed by atoms with van der Waals surface area (Å²) in [6, 6.07) is 2.02. The Morgan fingerprint density at radius 2 is 1.45 bits per heavy atom. The van der Waals surface area contributed by atoms with Crippen molar-refractivity contribution in [2.24, 2.45) is 0 Å². The van der Waals surface area contributed by atoms with Gasteiger partial charge in [0.15, 0.2) is 8.32 Å². The van der Waals surface area contributed by atoms with Gasteiger partial charge in [-0.05, 0) is 52.0 Å². The number of unbranched alkanes of at least 4 members (excludes halogenated alkanes) is 1. The summed E-state index contributed by atoms with van der Waals surface area (Å²) < 4.78 is 67.6.